The Balaban J connectivity index is 1.79. The summed E-state index contributed by atoms with van der Waals surface area (Å²) < 4.78 is 41.1. The molecule has 7 nitrogen and oxygen atoms in total. The number of rotatable bonds is 2. The molecule has 1 aromatic heterocycles. The van der Waals surface area contributed by atoms with Crippen LogP contribution in [0.25, 0.3) is 0 Å². The van der Waals surface area contributed by atoms with Crippen LogP contribution in [0.4, 0.5) is 24.8 Å². The van der Waals surface area contributed by atoms with E-state index >= 15 is 0 Å². The fourth-order valence-corrected chi connectivity index (χ4v) is 3.25. The summed E-state index contributed by atoms with van der Waals surface area (Å²) in [6.45, 7) is 3.66. The summed E-state index contributed by atoms with van der Waals surface area (Å²) in [4.78, 5) is 9.10. The molecule has 10 heteroatoms. The summed E-state index contributed by atoms with van der Waals surface area (Å²) in [5, 5.41) is 3.26. The van der Waals surface area contributed by atoms with Crippen molar-refractivity contribution < 1.29 is 13.2 Å². The Kier molecular flexibility index (Phi) is 3.88. The number of hydrogen-bond acceptors (Lipinski definition) is 6. The summed E-state index contributed by atoms with van der Waals surface area (Å²) in [5.74, 6) is 0.641. The minimum atomic E-state index is -4.45. The van der Waals surface area contributed by atoms with E-state index in [0.29, 0.717) is 36.8 Å². The zero-order chi connectivity index (χ0) is 18.5. The predicted octanol–water partition coefficient (Wildman–Crippen LogP) is 1.64. The van der Waals surface area contributed by atoms with Gasteiger partial charge in [0, 0.05) is 30.0 Å². The maximum absolute atomic E-state index is 13.0. The van der Waals surface area contributed by atoms with Gasteiger partial charge in [-0.15, -0.1) is 0 Å². The van der Waals surface area contributed by atoms with E-state index in [0.717, 1.165) is 23.4 Å². The second-order valence-electron chi connectivity index (χ2n) is 6.37. The first-order valence-electron chi connectivity index (χ1n) is 8.16. The number of alkyl halides is 3. The first kappa shape index (κ1) is 16.9. The SMILES string of the molecule is C[C@@H](N=c1nc2n(c3c1CNC3)CNN2)c1cc(N)cc(C(F)(F)F)c1. The molecule has 3 heterocycles. The van der Waals surface area contributed by atoms with E-state index < -0.39 is 17.8 Å². The number of hydrazine groups is 1. The molecule has 2 aliphatic rings. The largest absolute Gasteiger partial charge is 0.416 e. The maximum Gasteiger partial charge on any atom is 0.416 e. The fourth-order valence-electron chi connectivity index (χ4n) is 3.25. The Bertz CT molecular complexity index is 933. The Morgan fingerprint density at radius 1 is 1.27 bits per heavy atom. The first-order chi connectivity index (χ1) is 12.3. The number of fused-ring (bicyclic) bond motifs is 3. The highest BCUT2D eigenvalue weighted by Gasteiger charge is 2.31. The van der Waals surface area contributed by atoms with Crippen molar-refractivity contribution in [3.8, 4) is 0 Å². The molecule has 0 fully saturated rings. The lowest BCUT2D eigenvalue weighted by molar-refractivity contribution is -0.137. The van der Waals surface area contributed by atoms with Crippen LogP contribution < -0.4 is 27.4 Å². The lowest BCUT2D eigenvalue weighted by Gasteiger charge is -2.14. The van der Waals surface area contributed by atoms with E-state index in [9.17, 15) is 13.2 Å². The van der Waals surface area contributed by atoms with Crippen molar-refractivity contribution >= 4 is 11.6 Å². The molecule has 0 spiro atoms. The molecule has 0 bridgehead atoms. The van der Waals surface area contributed by atoms with Gasteiger partial charge in [-0.1, -0.05) is 0 Å². The van der Waals surface area contributed by atoms with Crippen LogP contribution in [0.15, 0.2) is 23.2 Å². The minimum absolute atomic E-state index is 0.0621. The minimum Gasteiger partial charge on any atom is -0.399 e. The van der Waals surface area contributed by atoms with Crippen LogP contribution in [0.1, 0.15) is 35.3 Å². The van der Waals surface area contributed by atoms with E-state index in [1.165, 1.54) is 6.07 Å². The average molecular weight is 365 g/mol. The topological polar surface area (TPSA) is 92.3 Å². The van der Waals surface area contributed by atoms with Gasteiger partial charge in [-0.3, -0.25) is 15.0 Å². The van der Waals surface area contributed by atoms with Crippen LogP contribution in [-0.4, -0.2) is 9.55 Å². The van der Waals surface area contributed by atoms with Crippen LogP contribution >= 0.6 is 0 Å². The Morgan fingerprint density at radius 2 is 2.08 bits per heavy atom. The summed E-state index contributed by atoms with van der Waals surface area (Å²) in [6, 6.07) is 3.01. The molecule has 2 aliphatic heterocycles. The molecule has 5 N–H and O–H groups in total. The van der Waals surface area contributed by atoms with Gasteiger partial charge in [-0.05, 0) is 30.7 Å². The highest BCUT2D eigenvalue weighted by atomic mass is 19.4. The Hall–Kier alpha value is -2.59. The molecular formula is C16H18F3N7. The molecule has 0 amide bonds. The van der Waals surface area contributed by atoms with Crippen molar-refractivity contribution in [2.24, 2.45) is 4.99 Å². The van der Waals surface area contributed by atoms with Crippen LogP contribution in [0.2, 0.25) is 0 Å². The molecule has 0 unspecified atom stereocenters. The van der Waals surface area contributed by atoms with E-state index in [4.69, 9.17) is 5.73 Å². The number of hydrogen-bond donors (Lipinski definition) is 4. The first-order valence-corrected chi connectivity index (χ1v) is 8.16. The molecule has 1 aromatic carbocycles. The predicted molar refractivity (Wildman–Crippen MR) is 89.4 cm³/mol. The normalized spacial score (nSPS) is 17.8. The number of halogens is 3. The van der Waals surface area contributed by atoms with Crippen molar-refractivity contribution in [2.75, 3.05) is 11.2 Å². The molecule has 0 aliphatic carbocycles. The number of anilines is 2. The highest BCUT2D eigenvalue weighted by molar-refractivity contribution is 5.46. The van der Waals surface area contributed by atoms with Crippen LogP contribution in [0.5, 0.6) is 0 Å². The third kappa shape index (κ3) is 2.90. The Morgan fingerprint density at radius 3 is 2.85 bits per heavy atom. The second kappa shape index (κ2) is 5.99. The summed E-state index contributed by atoms with van der Waals surface area (Å²) >= 11 is 0. The zero-order valence-electron chi connectivity index (χ0n) is 14.0. The van der Waals surface area contributed by atoms with Crippen LogP contribution in [-0.2, 0) is 25.9 Å². The van der Waals surface area contributed by atoms with Gasteiger partial charge in [0.2, 0.25) is 5.95 Å². The third-order valence-corrected chi connectivity index (χ3v) is 4.55. The summed E-state index contributed by atoms with van der Waals surface area (Å²) in [6.07, 6.45) is -4.45. The molecule has 26 heavy (non-hydrogen) atoms. The Labute approximate surface area is 147 Å². The standard InChI is InChI=1S/C16H18F3N7/c1-8(9-2-10(16(17,18)19)4-11(20)3-9)23-14-12-5-21-6-13(12)26-7-22-25-15(26)24-14/h2-4,8,21-22H,5-7,20H2,1H3,(H,23,24,25)/t8-/m1/s1. The molecule has 1 atom stereocenters. The van der Waals surface area contributed by atoms with Gasteiger partial charge < -0.3 is 11.1 Å². The van der Waals surface area contributed by atoms with Crippen molar-refractivity contribution in [2.45, 2.75) is 38.9 Å². The van der Waals surface area contributed by atoms with Gasteiger partial charge in [0.05, 0.1) is 18.3 Å². The van der Waals surface area contributed by atoms with Crippen molar-refractivity contribution in [3.05, 3.63) is 46.1 Å². The van der Waals surface area contributed by atoms with Gasteiger partial charge in [-0.25, -0.2) is 5.43 Å². The van der Waals surface area contributed by atoms with Crippen molar-refractivity contribution in [3.63, 3.8) is 0 Å². The van der Waals surface area contributed by atoms with E-state index in [-0.39, 0.29) is 5.69 Å². The number of nitrogens with two attached hydrogens (primary N) is 1. The molecule has 0 saturated heterocycles. The van der Waals surface area contributed by atoms with Gasteiger partial charge in [0.1, 0.15) is 0 Å². The molecule has 0 radical (unpaired) electrons. The summed E-state index contributed by atoms with van der Waals surface area (Å²) in [7, 11) is 0. The van der Waals surface area contributed by atoms with Crippen molar-refractivity contribution in [1.29, 1.82) is 0 Å². The van der Waals surface area contributed by atoms with Gasteiger partial charge in [0.15, 0.2) is 5.49 Å². The van der Waals surface area contributed by atoms with Crippen molar-refractivity contribution in [1.82, 2.24) is 20.3 Å². The average Bonchev–Trinajstić information content (AvgIpc) is 3.21. The number of aromatic nitrogens is 2. The number of nitrogens with one attached hydrogen (secondary N) is 3. The van der Waals surface area contributed by atoms with E-state index in [1.807, 2.05) is 4.57 Å². The van der Waals surface area contributed by atoms with Crippen LogP contribution in [0.3, 0.4) is 0 Å². The molecular weight excluding hydrogens is 347 g/mol. The van der Waals surface area contributed by atoms with E-state index in [2.05, 4.69) is 26.1 Å². The number of benzene rings is 1. The number of nitrogen functional groups attached to an aromatic ring is 1. The third-order valence-electron chi connectivity index (χ3n) is 4.55. The zero-order valence-corrected chi connectivity index (χ0v) is 14.0. The molecule has 4 rings (SSSR count). The highest BCUT2D eigenvalue weighted by Crippen LogP contribution is 2.33. The smallest absolute Gasteiger partial charge is 0.399 e. The lowest BCUT2D eigenvalue weighted by Crippen LogP contribution is -2.21. The van der Waals surface area contributed by atoms with Gasteiger partial charge in [0.25, 0.3) is 0 Å². The fraction of sp³-hybridized carbons (Fsp3) is 0.375. The van der Waals surface area contributed by atoms with Crippen LogP contribution in [0, 0.1) is 0 Å². The summed E-state index contributed by atoms with van der Waals surface area (Å²) in [5.41, 5.74) is 13.9. The maximum atomic E-state index is 13.0. The molecule has 0 saturated carbocycles. The lowest BCUT2D eigenvalue weighted by atomic mass is 10.0. The second-order valence-corrected chi connectivity index (χ2v) is 6.37. The van der Waals surface area contributed by atoms with Gasteiger partial charge in [-0.2, -0.15) is 18.2 Å². The molecule has 2 aromatic rings. The van der Waals surface area contributed by atoms with E-state index in [1.54, 1.807) is 6.92 Å². The number of nitrogens with zero attached hydrogens (tertiary/aromatic N) is 3. The monoisotopic (exact) mass is 365 g/mol. The molecule has 138 valence electrons. The van der Waals surface area contributed by atoms with Gasteiger partial charge >= 0.3 is 6.18 Å². The quantitative estimate of drug-likeness (QED) is 0.607.